The number of carbonyl (C=O) groups is 4. The van der Waals surface area contributed by atoms with Crippen molar-refractivity contribution >= 4 is 104 Å². The lowest BCUT2D eigenvalue weighted by molar-refractivity contribution is -0.134. The van der Waals surface area contributed by atoms with E-state index in [2.05, 4.69) is 41.8 Å². The molecule has 0 bridgehead atoms. The number of carbonyl (C=O) groups excluding carboxylic acids is 4. The van der Waals surface area contributed by atoms with E-state index in [4.69, 9.17) is 51.1 Å². The van der Waals surface area contributed by atoms with E-state index in [0.29, 0.717) is 65.7 Å². The number of ether oxygens (including phenoxy) is 1. The van der Waals surface area contributed by atoms with E-state index in [-0.39, 0.29) is 48.9 Å². The van der Waals surface area contributed by atoms with Crippen LogP contribution in [0.1, 0.15) is 47.6 Å². The van der Waals surface area contributed by atoms with Gasteiger partial charge in [-0.05, 0) is 88.0 Å². The van der Waals surface area contributed by atoms with Crippen molar-refractivity contribution in [3.63, 3.8) is 0 Å². The highest BCUT2D eigenvalue weighted by Gasteiger charge is 2.32. The predicted octanol–water partition coefficient (Wildman–Crippen LogP) is 10.3. The third-order valence-electron chi connectivity index (χ3n) is 11.2. The molecule has 2 aliphatic heterocycles. The molecule has 4 amide bonds. The number of aryl methyl sites for hydroxylation is 1. The fourth-order valence-electron chi connectivity index (χ4n) is 7.99. The molecule has 2 heterocycles. The lowest BCUT2D eigenvalue weighted by Gasteiger charge is -2.26. The van der Waals surface area contributed by atoms with Crippen LogP contribution in [-0.4, -0.2) is 65.2 Å². The molecule has 0 aliphatic carbocycles. The molecule has 0 aromatic heterocycles. The Labute approximate surface area is 393 Å². The van der Waals surface area contributed by atoms with Crippen molar-refractivity contribution in [3.8, 4) is 5.75 Å². The second kappa shape index (κ2) is 21.6. The summed E-state index contributed by atoms with van der Waals surface area (Å²) in [5.41, 5.74) is 4.88. The van der Waals surface area contributed by atoms with Crippen molar-refractivity contribution in [2.45, 2.75) is 64.7 Å². The number of nitrogens with zero attached hydrogens (tertiary/aromatic N) is 2. The molecule has 1 unspecified atom stereocenters. The first-order valence-corrected chi connectivity index (χ1v) is 22.0. The monoisotopic (exact) mass is 946 g/mol. The van der Waals surface area contributed by atoms with Crippen molar-refractivity contribution in [2.24, 2.45) is 0 Å². The summed E-state index contributed by atoms with van der Waals surface area (Å²) >= 11 is 24.3. The van der Waals surface area contributed by atoms with Gasteiger partial charge in [0, 0.05) is 57.4 Å². The third-order valence-corrected chi connectivity index (χ3v) is 12.7. The maximum Gasteiger partial charge on any atom is 0.245 e. The summed E-state index contributed by atoms with van der Waals surface area (Å²) in [4.78, 5) is 55.0. The Hall–Kier alpha value is -5.03. The van der Waals surface area contributed by atoms with Crippen molar-refractivity contribution in [2.75, 3.05) is 19.7 Å². The van der Waals surface area contributed by atoms with Crippen LogP contribution in [-0.2, 0) is 45.1 Å². The molecule has 0 spiro atoms. The molecule has 6 aromatic rings. The van der Waals surface area contributed by atoms with Gasteiger partial charge >= 0.3 is 0 Å². The van der Waals surface area contributed by atoms with Gasteiger partial charge in [0.2, 0.25) is 23.6 Å². The normalized spacial score (nSPS) is 16.7. The molecule has 6 aromatic carbocycles. The first kappa shape index (κ1) is 47.4. The highest BCUT2D eigenvalue weighted by Crippen LogP contribution is 2.31. The zero-order valence-electron chi connectivity index (χ0n) is 34.8. The highest BCUT2D eigenvalue weighted by atomic mass is 35.5. The van der Waals surface area contributed by atoms with Gasteiger partial charge in [-0.15, -0.1) is 12.4 Å². The van der Waals surface area contributed by atoms with E-state index < -0.39 is 12.1 Å². The minimum Gasteiger partial charge on any atom is -0.494 e. The average molecular weight is 949 g/mol. The van der Waals surface area contributed by atoms with Crippen molar-refractivity contribution < 1.29 is 23.9 Å². The number of rotatable bonds is 10. The Morgan fingerprint density at radius 3 is 1.54 bits per heavy atom. The number of halogens is 5. The number of hydrogen-bond acceptors (Lipinski definition) is 5. The van der Waals surface area contributed by atoms with Crippen LogP contribution in [0, 0.1) is 6.92 Å². The second-order valence-corrected chi connectivity index (χ2v) is 17.1. The summed E-state index contributed by atoms with van der Waals surface area (Å²) in [5, 5.41) is 11.9. The Morgan fingerprint density at radius 2 is 1.05 bits per heavy atom. The van der Waals surface area contributed by atoms with E-state index in [1.54, 1.807) is 34.1 Å². The Balaban J connectivity index is 0.000000207. The molecule has 63 heavy (non-hydrogen) atoms. The van der Waals surface area contributed by atoms with Crippen molar-refractivity contribution in [1.29, 1.82) is 0 Å². The summed E-state index contributed by atoms with van der Waals surface area (Å²) in [6.45, 7) is 6.09. The van der Waals surface area contributed by atoms with Crippen LogP contribution >= 0.6 is 58.8 Å². The van der Waals surface area contributed by atoms with E-state index in [1.807, 2.05) is 67.6 Å². The Bertz CT molecular complexity index is 2660. The molecule has 2 aliphatic rings. The quantitative estimate of drug-likeness (QED) is 0.142. The molecule has 2 fully saturated rings. The molecule has 328 valence electrons. The average Bonchev–Trinajstić information content (AvgIpc) is 3.48. The first-order chi connectivity index (χ1) is 29.9. The predicted molar refractivity (Wildman–Crippen MR) is 255 cm³/mol. The van der Waals surface area contributed by atoms with Crippen LogP contribution in [0.2, 0.25) is 20.1 Å². The van der Waals surface area contributed by atoms with Gasteiger partial charge in [0.15, 0.2) is 0 Å². The van der Waals surface area contributed by atoms with Gasteiger partial charge in [0.05, 0.1) is 26.7 Å². The zero-order chi connectivity index (χ0) is 43.9. The van der Waals surface area contributed by atoms with Gasteiger partial charge in [0.25, 0.3) is 0 Å². The second-order valence-electron chi connectivity index (χ2n) is 15.4. The van der Waals surface area contributed by atoms with E-state index in [0.717, 1.165) is 55.1 Å². The minimum atomic E-state index is -0.673. The fourth-order valence-corrected chi connectivity index (χ4v) is 8.63. The minimum absolute atomic E-state index is 0. The molecule has 2 atom stereocenters. The Morgan fingerprint density at radius 1 is 0.587 bits per heavy atom. The number of nitrogens with one attached hydrogen (secondary N) is 2. The summed E-state index contributed by atoms with van der Waals surface area (Å²) in [6.07, 6.45) is 1.24. The first-order valence-electron chi connectivity index (χ1n) is 20.5. The molecule has 0 saturated carbocycles. The van der Waals surface area contributed by atoms with Crippen LogP contribution in [0.4, 0.5) is 0 Å². The van der Waals surface area contributed by atoms with Crippen LogP contribution in [0.25, 0.3) is 21.5 Å². The number of benzene rings is 6. The SMILES string of the molecule is CCOc1ccc2ccccc2c1CN1CCC(=O)NC(Cc2ccc(Cl)c(Cl)c2)C1=O.Cc1ccc2ccccc2c1CN1CCC(=O)N[C@@H](Cc2ccc(Cl)c(Cl)c2)C1=O.Cl. The number of amides is 4. The maximum absolute atomic E-state index is 13.5. The summed E-state index contributed by atoms with van der Waals surface area (Å²) in [5.74, 6) is 0.277. The highest BCUT2D eigenvalue weighted by molar-refractivity contribution is 6.42. The number of hydrogen-bond donors (Lipinski definition) is 2. The van der Waals surface area contributed by atoms with Crippen LogP contribution in [0.5, 0.6) is 5.75 Å². The van der Waals surface area contributed by atoms with Gasteiger partial charge in [-0.25, -0.2) is 0 Å². The zero-order valence-corrected chi connectivity index (χ0v) is 38.6. The van der Waals surface area contributed by atoms with Crippen LogP contribution in [0.15, 0.2) is 109 Å². The molecular weight excluding hydrogens is 902 g/mol. The van der Waals surface area contributed by atoms with Gasteiger partial charge in [-0.2, -0.15) is 0 Å². The topological polar surface area (TPSA) is 108 Å². The molecule has 9 nitrogen and oxygen atoms in total. The van der Waals surface area contributed by atoms with Crippen LogP contribution in [0.3, 0.4) is 0 Å². The summed E-state index contributed by atoms with van der Waals surface area (Å²) < 4.78 is 5.87. The molecule has 14 heteroatoms. The van der Waals surface area contributed by atoms with Gasteiger partial charge in [0.1, 0.15) is 17.8 Å². The van der Waals surface area contributed by atoms with E-state index in [9.17, 15) is 19.2 Å². The fraction of sp³-hybridized carbons (Fsp3) is 0.265. The van der Waals surface area contributed by atoms with Crippen LogP contribution < -0.4 is 15.4 Å². The number of fused-ring (bicyclic) bond motifs is 2. The van der Waals surface area contributed by atoms with E-state index >= 15 is 0 Å². The largest absolute Gasteiger partial charge is 0.494 e. The summed E-state index contributed by atoms with van der Waals surface area (Å²) in [7, 11) is 0. The molecule has 8 rings (SSSR count). The maximum atomic E-state index is 13.5. The molecule has 0 radical (unpaired) electrons. The van der Waals surface area contributed by atoms with Gasteiger partial charge in [-0.3, -0.25) is 19.2 Å². The molecule has 2 N–H and O–H groups in total. The van der Waals surface area contributed by atoms with Gasteiger partial charge < -0.3 is 25.2 Å². The van der Waals surface area contributed by atoms with E-state index in [1.165, 1.54) is 0 Å². The Kier molecular flexibility index (Phi) is 16.2. The smallest absolute Gasteiger partial charge is 0.245 e. The standard InChI is InChI=1S/C25H24Cl2N2O3.C24H22Cl2N2O2.ClH/c1-2-32-23-10-8-17-5-3-4-6-18(17)19(23)15-29-12-11-24(30)28-22(25(29)31)14-16-7-9-20(26)21(27)13-16;1-15-6-8-17-4-2-3-5-18(17)19(15)14-28-11-10-23(29)27-22(24(28)30)13-16-7-9-20(25)21(26)12-16;/h3-10,13,22H,2,11-12,14-15H2,1H3,(H,28,30);2-9,12,22H,10-11,13-14H2,1H3,(H,27,29);1H/t;22-;/m.0./s1. The van der Waals surface area contributed by atoms with Crippen molar-refractivity contribution in [1.82, 2.24) is 20.4 Å². The van der Waals surface area contributed by atoms with Gasteiger partial charge in [-0.1, -0.05) is 125 Å². The lowest BCUT2D eigenvalue weighted by atomic mass is 9.98. The third kappa shape index (κ3) is 11.6. The lowest BCUT2D eigenvalue weighted by Crippen LogP contribution is -2.45. The molecule has 2 saturated heterocycles. The summed E-state index contributed by atoms with van der Waals surface area (Å²) in [6, 6.07) is 33.6. The molecular formula is C49H47Cl5N4O5. The van der Waals surface area contributed by atoms with Crippen molar-refractivity contribution in [3.05, 3.63) is 157 Å².